The number of carbonyl (C=O) groups is 1. The van der Waals surface area contributed by atoms with Gasteiger partial charge in [0.2, 0.25) is 11.5 Å². The number of fused-ring (bicyclic) bond motifs is 3. The van der Waals surface area contributed by atoms with Crippen LogP contribution in [-0.2, 0) is 17.9 Å². The monoisotopic (exact) mass is 465 g/mol. The number of hydrogen-bond donors (Lipinski definition) is 1. The lowest BCUT2D eigenvalue weighted by molar-refractivity contribution is -0.118. The van der Waals surface area contributed by atoms with Crippen LogP contribution >= 0.6 is 11.8 Å². The van der Waals surface area contributed by atoms with Gasteiger partial charge in [-0.1, -0.05) is 49.9 Å². The second-order valence-electron chi connectivity index (χ2n) is 8.22. The highest BCUT2D eigenvalue weighted by Gasteiger charge is 2.18. The van der Waals surface area contributed by atoms with Crippen LogP contribution in [-0.4, -0.2) is 28.3 Å². The molecular formula is C25H27N3O4S. The fraction of sp³-hybridized carbons (Fsp3) is 0.320. The summed E-state index contributed by atoms with van der Waals surface area (Å²) in [7, 11) is 1.62. The Labute approximate surface area is 196 Å². The van der Waals surface area contributed by atoms with E-state index < -0.39 is 0 Å². The Bertz CT molecular complexity index is 1330. The molecular weight excluding hydrogens is 438 g/mol. The molecule has 33 heavy (non-hydrogen) atoms. The number of para-hydroxylation sites is 1. The molecule has 1 N–H and O–H groups in total. The number of carbonyl (C=O) groups excluding carboxylic acids is 1. The molecule has 0 bridgehead atoms. The summed E-state index contributed by atoms with van der Waals surface area (Å²) in [6, 6.07) is 15.0. The van der Waals surface area contributed by atoms with Gasteiger partial charge in [-0.2, -0.15) is 0 Å². The first-order chi connectivity index (χ1) is 16.0. The molecule has 0 fully saturated rings. The predicted molar refractivity (Wildman–Crippen MR) is 131 cm³/mol. The molecule has 0 aliphatic heterocycles. The van der Waals surface area contributed by atoms with Gasteiger partial charge in [0.15, 0.2) is 5.16 Å². The Morgan fingerprint density at radius 1 is 1.18 bits per heavy atom. The number of furan rings is 1. The van der Waals surface area contributed by atoms with E-state index in [-0.39, 0.29) is 22.8 Å². The van der Waals surface area contributed by atoms with Crippen molar-refractivity contribution in [3.8, 4) is 5.75 Å². The molecule has 0 unspecified atom stereocenters. The molecule has 0 atom stereocenters. The quantitative estimate of drug-likeness (QED) is 0.287. The molecule has 0 radical (unpaired) electrons. The first-order valence-corrected chi connectivity index (χ1v) is 11.9. The van der Waals surface area contributed by atoms with Gasteiger partial charge >= 0.3 is 0 Å². The molecule has 0 saturated heterocycles. The van der Waals surface area contributed by atoms with Gasteiger partial charge < -0.3 is 14.5 Å². The van der Waals surface area contributed by atoms with Crippen LogP contribution < -0.4 is 15.6 Å². The van der Waals surface area contributed by atoms with Crippen molar-refractivity contribution >= 4 is 39.7 Å². The maximum absolute atomic E-state index is 13.2. The van der Waals surface area contributed by atoms with E-state index in [9.17, 15) is 9.59 Å². The van der Waals surface area contributed by atoms with Crippen LogP contribution in [0.25, 0.3) is 22.1 Å². The van der Waals surface area contributed by atoms with E-state index in [1.165, 1.54) is 11.8 Å². The molecule has 4 rings (SSSR count). The highest BCUT2D eigenvalue weighted by molar-refractivity contribution is 7.99. The molecule has 4 aromatic rings. The summed E-state index contributed by atoms with van der Waals surface area (Å²) in [5, 5.41) is 4.24. The third-order valence-electron chi connectivity index (χ3n) is 5.36. The minimum atomic E-state index is -0.210. The first-order valence-electron chi connectivity index (χ1n) is 10.9. The topological polar surface area (TPSA) is 86.4 Å². The van der Waals surface area contributed by atoms with Gasteiger partial charge in [0.1, 0.15) is 16.8 Å². The second kappa shape index (κ2) is 10.1. The zero-order chi connectivity index (χ0) is 23.4. The number of methoxy groups -OCH3 is 1. The van der Waals surface area contributed by atoms with E-state index in [0.717, 1.165) is 23.1 Å². The van der Waals surface area contributed by atoms with E-state index >= 15 is 0 Å². The maximum atomic E-state index is 13.2. The van der Waals surface area contributed by atoms with Crippen LogP contribution in [0.5, 0.6) is 5.75 Å². The number of hydrogen-bond acceptors (Lipinski definition) is 6. The van der Waals surface area contributed by atoms with E-state index in [4.69, 9.17) is 14.1 Å². The van der Waals surface area contributed by atoms with Crippen molar-refractivity contribution in [1.82, 2.24) is 14.9 Å². The molecule has 0 aliphatic carbocycles. The zero-order valence-electron chi connectivity index (χ0n) is 19.0. The van der Waals surface area contributed by atoms with Crippen molar-refractivity contribution < 1.29 is 13.9 Å². The molecule has 2 aromatic carbocycles. The highest BCUT2D eigenvalue weighted by atomic mass is 32.2. The standard InChI is InChI=1S/C25H27N3O4S/c1-16(2)12-13-28-24(30)23-22(19-6-4-5-7-20(19)32-23)27-25(28)33-15-21(29)26-14-17-8-10-18(31-3)11-9-17/h4-11,16H,12-15H2,1-3H3,(H,26,29). The fourth-order valence-electron chi connectivity index (χ4n) is 3.47. The SMILES string of the molecule is COc1ccc(CNC(=O)CSc2nc3c(oc4ccccc43)c(=O)n2CCC(C)C)cc1. The van der Waals surface area contributed by atoms with E-state index in [1.807, 2.05) is 48.5 Å². The number of benzene rings is 2. The van der Waals surface area contributed by atoms with Gasteiger partial charge in [-0.15, -0.1) is 0 Å². The Kier molecular flexibility index (Phi) is 7.03. The van der Waals surface area contributed by atoms with Gasteiger partial charge in [0.05, 0.1) is 12.9 Å². The van der Waals surface area contributed by atoms with E-state index in [0.29, 0.717) is 35.3 Å². The van der Waals surface area contributed by atoms with Gasteiger partial charge in [-0.25, -0.2) is 4.98 Å². The lowest BCUT2D eigenvalue weighted by Crippen LogP contribution is -2.27. The highest BCUT2D eigenvalue weighted by Crippen LogP contribution is 2.27. The number of aromatic nitrogens is 2. The Morgan fingerprint density at radius 3 is 2.67 bits per heavy atom. The average Bonchev–Trinajstić information content (AvgIpc) is 3.20. The number of ether oxygens (including phenoxy) is 1. The van der Waals surface area contributed by atoms with Crippen molar-refractivity contribution in [1.29, 1.82) is 0 Å². The summed E-state index contributed by atoms with van der Waals surface area (Å²) in [5.74, 6) is 1.23. The third-order valence-corrected chi connectivity index (χ3v) is 6.33. The number of amides is 1. The lowest BCUT2D eigenvalue weighted by Gasteiger charge is -2.13. The molecule has 1 amide bonds. The maximum Gasteiger partial charge on any atom is 0.297 e. The minimum absolute atomic E-state index is 0.127. The van der Waals surface area contributed by atoms with Crippen molar-refractivity contribution in [2.24, 2.45) is 5.92 Å². The van der Waals surface area contributed by atoms with Crippen LogP contribution in [0.4, 0.5) is 0 Å². The molecule has 0 aliphatic rings. The molecule has 7 nitrogen and oxygen atoms in total. The van der Waals surface area contributed by atoms with Crippen LogP contribution in [0.1, 0.15) is 25.8 Å². The van der Waals surface area contributed by atoms with Crippen molar-refractivity contribution in [3.63, 3.8) is 0 Å². The van der Waals surface area contributed by atoms with Gasteiger partial charge in [-0.3, -0.25) is 14.2 Å². The van der Waals surface area contributed by atoms with E-state index in [2.05, 4.69) is 19.2 Å². The summed E-state index contributed by atoms with van der Waals surface area (Å²) in [5.41, 5.74) is 2.20. The van der Waals surface area contributed by atoms with Crippen molar-refractivity contribution in [2.45, 2.75) is 38.5 Å². The summed E-state index contributed by atoms with van der Waals surface area (Å²) < 4.78 is 12.6. The summed E-state index contributed by atoms with van der Waals surface area (Å²) in [6.45, 7) is 5.16. The number of nitrogens with zero attached hydrogens (tertiary/aromatic N) is 2. The normalized spacial score (nSPS) is 11.4. The summed E-state index contributed by atoms with van der Waals surface area (Å²) in [6.07, 6.45) is 0.824. The van der Waals surface area contributed by atoms with Crippen LogP contribution in [0, 0.1) is 5.92 Å². The summed E-state index contributed by atoms with van der Waals surface area (Å²) >= 11 is 1.27. The number of rotatable bonds is 9. The van der Waals surface area contributed by atoms with Gasteiger partial charge in [0.25, 0.3) is 5.56 Å². The fourth-order valence-corrected chi connectivity index (χ4v) is 4.32. The molecule has 8 heteroatoms. The second-order valence-corrected chi connectivity index (χ2v) is 9.17. The Hall–Kier alpha value is -3.26. The summed E-state index contributed by atoms with van der Waals surface area (Å²) in [4.78, 5) is 30.5. The van der Waals surface area contributed by atoms with Crippen LogP contribution in [0.15, 0.2) is 62.9 Å². The minimum Gasteiger partial charge on any atom is -0.497 e. The molecule has 172 valence electrons. The molecule has 0 spiro atoms. The van der Waals surface area contributed by atoms with Crippen molar-refractivity contribution in [2.75, 3.05) is 12.9 Å². The average molecular weight is 466 g/mol. The smallest absolute Gasteiger partial charge is 0.297 e. The largest absolute Gasteiger partial charge is 0.497 e. The number of thioether (sulfide) groups is 1. The van der Waals surface area contributed by atoms with Gasteiger partial charge in [0, 0.05) is 18.5 Å². The van der Waals surface area contributed by atoms with Crippen LogP contribution in [0.2, 0.25) is 0 Å². The molecule has 2 aromatic heterocycles. The van der Waals surface area contributed by atoms with E-state index in [1.54, 1.807) is 11.7 Å². The van der Waals surface area contributed by atoms with Gasteiger partial charge in [-0.05, 0) is 42.2 Å². The zero-order valence-corrected chi connectivity index (χ0v) is 19.8. The molecule has 0 saturated carbocycles. The Balaban J connectivity index is 1.54. The van der Waals surface area contributed by atoms with Crippen LogP contribution in [0.3, 0.4) is 0 Å². The third kappa shape index (κ3) is 5.22. The lowest BCUT2D eigenvalue weighted by atomic mass is 10.1. The molecule has 2 heterocycles. The number of nitrogens with one attached hydrogen (secondary N) is 1. The Morgan fingerprint density at radius 2 is 1.94 bits per heavy atom. The first kappa shape index (κ1) is 22.9. The predicted octanol–water partition coefficient (Wildman–Crippen LogP) is 4.61. The van der Waals surface area contributed by atoms with Crippen molar-refractivity contribution in [3.05, 3.63) is 64.4 Å².